The molecule has 0 saturated carbocycles. The Morgan fingerprint density at radius 1 is 1.38 bits per heavy atom. The van der Waals surface area contributed by atoms with Crippen molar-refractivity contribution in [3.05, 3.63) is 42.6 Å². The van der Waals surface area contributed by atoms with E-state index in [-0.39, 0.29) is 18.9 Å². The molecule has 0 aliphatic heterocycles. The minimum Gasteiger partial charge on any atom is -0.479 e. The predicted molar refractivity (Wildman–Crippen MR) is 72.0 cm³/mol. The molecular weight excluding hydrogens is 276 g/mol. The van der Waals surface area contributed by atoms with E-state index < -0.39 is 12.1 Å². The highest BCUT2D eigenvalue weighted by molar-refractivity contribution is 5.93. The van der Waals surface area contributed by atoms with Gasteiger partial charge in [-0.2, -0.15) is 0 Å². The zero-order valence-corrected chi connectivity index (χ0v) is 11.0. The Balaban J connectivity index is 1.90. The summed E-state index contributed by atoms with van der Waals surface area (Å²) in [5.74, 6) is -1.06. The van der Waals surface area contributed by atoms with Gasteiger partial charge in [0.05, 0.1) is 5.56 Å². The van der Waals surface area contributed by atoms with Crippen LogP contribution in [0.5, 0.6) is 0 Å². The molecule has 8 nitrogen and oxygen atoms in total. The Hall–Kier alpha value is -2.74. The van der Waals surface area contributed by atoms with E-state index >= 15 is 0 Å². The fourth-order valence-corrected chi connectivity index (χ4v) is 1.62. The average Bonchev–Trinajstić information content (AvgIpc) is 3.01. The molecule has 0 bridgehead atoms. The summed E-state index contributed by atoms with van der Waals surface area (Å²) >= 11 is 0. The number of carboxylic acid groups (broad SMARTS) is 1. The highest BCUT2D eigenvalue weighted by Gasteiger charge is 2.13. The number of aliphatic hydroxyl groups is 1. The van der Waals surface area contributed by atoms with Gasteiger partial charge in [0.2, 0.25) is 0 Å². The van der Waals surface area contributed by atoms with Gasteiger partial charge in [-0.15, -0.1) is 0 Å². The number of carbonyl (C=O) groups is 2. The van der Waals surface area contributed by atoms with Gasteiger partial charge in [0.15, 0.2) is 6.10 Å². The third-order valence-electron chi connectivity index (χ3n) is 2.77. The second-order valence-corrected chi connectivity index (χ2v) is 4.27. The molecule has 1 unspecified atom stereocenters. The van der Waals surface area contributed by atoms with Gasteiger partial charge in [-0.1, -0.05) is 0 Å². The average molecular weight is 290 g/mol. The van der Waals surface area contributed by atoms with Crippen molar-refractivity contribution in [1.29, 1.82) is 0 Å². The van der Waals surface area contributed by atoms with Crippen LogP contribution in [0, 0.1) is 0 Å². The van der Waals surface area contributed by atoms with Crippen molar-refractivity contribution in [1.82, 2.24) is 19.9 Å². The summed E-state index contributed by atoms with van der Waals surface area (Å²) in [5, 5.41) is 20.1. The zero-order chi connectivity index (χ0) is 15.2. The van der Waals surface area contributed by atoms with Gasteiger partial charge >= 0.3 is 5.97 Å². The van der Waals surface area contributed by atoms with Crippen LogP contribution in [0.1, 0.15) is 16.8 Å². The SMILES string of the molecule is O=C(NCCC(O)C(=O)O)c1ccc(-n2ccnc2)nc1. The summed E-state index contributed by atoms with van der Waals surface area (Å²) in [6.45, 7) is 0.0651. The topological polar surface area (TPSA) is 117 Å². The first-order valence-electron chi connectivity index (χ1n) is 6.21. The minimum absolute atomic E-state index is 0.0539. The molecule has 0 spiro atoms. The van der Waals surface area contributed by atoms with Crippen LogP contribution in [0.2, 0.25) is 0 Å². The quantitative estimate of drug-likeness (QED) is 0.680. The maximum atomic E-state index is 11.8. The van der Waals surface area contributed by atoms with Crippen molar-refractivity contribution < 1.29 is 19.8 Å². The fraction of sp³-hybridized carbons (Fsp3) is 0.231. The van der Waals surface area contributed by atoms with Crippen LogP contribution in [-0.4, -0.2) is 49.3 Å². The van der Waals surface area contributed by atoms with E-state index in [1.165, 1.54) is 6.20 Å². The van der Waals surface area contributed by atoms with E-state index in [0.717, 1.165) is 0 Å². The summed E-state index contributed by atoms with van der Waals surface area (Å²) in [6.07, 6.45) is 4.83. The number of nitrogens with one attached hydrogen (secondary N) is 1. The summed E-state index contributed by atoms with van der Waals surface area (Å²) < 4.78 is 1.70. The number of nitrogens with zero attached hydrogens (tertiary/aromatic N) is 3. The smallest absolute Gasteiger partial charge is 0.332 e. The number of aromatic nitrogens is 3. The van der Waals surface area contributed by atoms with Crippen molar-refractivity contribution in [2.75, 3.05) is 6.54 Å². The van der Waals surface area contributed by atoms with Gasteiger partial charge in [0, 0.05) is 31.6 Å². The summed E-state index contributed by atoms with van der Waals surface area (Å²) in [6, 6.07) is 3.27. The lowest BCUT2D eigenvalue weighted by Crippen LogP contribution is -2.30. The number of hydrogen-bond acceptors (Lipinski definition) is 5. The summed E-state index contributed by atoms with van der Waals surface area (Å²) in [7, 11) is 0. The lowest BCUT2D eigenvalue weighted by Gasteiger charge is -2.07. The predicted octanol–water partition coefficient (Wildman–Crippen LogP) is -0.167. The van der Waals surface area contributed by atoms with E-state index in [4.69, 9.17) is 10.2 Å². The minimum atomic E-state index is -1.48. The molecule has 0 fully saturated rings. The molecule has 0 aliphatic rings. The van der Waals surface area contributed by atoms with Gasteiger partial charge in [-0.25, -0.2) is 14.8 Å². The molecule has 1 amide bonds. The Bertz CT molecular complexity index is 610. The second-order valence-electron chi connectivity index (χ2n) is 4.27. The van der Waals surface area contributed by atoms with E-state index in [1.807, 2.05) is 0 Å². The first-order chi connectivity index (χ1) is 10.1. The van der Waals surface area contributed by atoms with Crippen LogP contribution in [0.25, 0.3) is 5.82 Å². The molecule has 1 atom stereocenters. The summed E-state index contributed by atoms with van der Waals surface area (Å²) in [4.78, 5) is 30.2. The molecule has 21 heavy (non-hydrogen) atoms. The molecule has 0 saturated heterocycles. The molecule has 2 aromatic heterocycles. The largest absolute Gasteiger partial charge is 0.479 e. The van der Waals surface area contributed by atoms with Crippen LogP contribution < -0.4 is 5.32 Å². The van der Waals surface area contributed by atoms with Gasteiger partial charge in [0.25, 0.3) is 5.91 Å². The van der Waals surface area contributed by atoms with Gasteiger partial charge in [-0.3, -0.25) is 9.36 Å². The number of carboxylic acids is 1. The second kappa shape index (κ2) is 6.62. The standard InChI is InChI=1S/C13H14N4O4/c18-10(13(20)21)3-4-15-12(19)9-1-2-11(16-7-9)17-6-5-14-8-17/h1-2,5-8,10,18H,3-4H2,(H,15,19)(H,20,21). The van der Waals surface area contributed by atoms with Crippen LogP contribution in [0.15, 0.2) is 37.1 Å². The molecular formula is C13H14N4O4. The molecule has 8 heteroatoms. The van der Waals surface area contributed by atoms with E-state index in [1.54, 1.807) is 35.4 Å². The number of carbonyl (C=O) groups excluding carboxylic acids is 1. The number of aliphatic hydroxyl groups excluding tert-OH is 1. The number of amides is 1. The van der Waals surface area contributed by atoms with Crippen molar-refractivity contribution in [2.24, 2.45) is 0 Å². The van der Waals surface area contributed by atoms with Gasteiger partial charge < -0.3 is 15.5 Å². The normalized spacial score (nSPS) is 11.9. The zero-order valence-electron chi connectivity index (χ0n) is 11.0. The Morgan fingerprint density at radius 2 is 2.19 bits per heavy atom. The van der Waals surface area contributed by atoms with Gasteiger partial charge in [0.1, 0.15) is 12.1 Å². The third-order valence-corrected chi connectivity index (χ3v) is 2.77. The monoisotopic (exact) mass is 290 g/mol. The molecule has 2 aromatic rings. The fourth-order valence-electron chi connectivity index (χ4n) is 1.62. The molecule has 0 aliphatic carbocycles. The number of imidazole rings is 1. The first kappa shape index (κ1) is 14.7. The maximum Gasteiger partial charge on any atom is 0.332 e. The summed E-state index contributed by atoms with van der Waals surface area (Å²) in [5.41, 5.74) is 0.351. The lowest BCUT2D eigenvalue weighted by atomic mass is 10.2. The van der Waals surface area contributed by atoms with E-state index in [2.05, 4.69) is 15.3 Å². The van der Waals surface area contributed by atoms with Crippen LogP contribution in [0.4, 0.5) is 0 Å². The van der Waals surface area contributed by atoms with Crippen LogP contribution >= 0.6 is 0 Å². The Labute approximate surface area is 120 Å². The van der Waals surface area contributed by atoms with Crippen molar-refractivity contribution in [2.45, 2.75) is 12.5 Å². The maximum absolute atomic E-state index is 11.8. The molecule has 2 rings (SSSR count). The Morgan fingerprint density at radius 3 is 2.76 bits per heavy atom. The Kier molecular flexibility index (Phi) is 4.62. The first-order valence-corrected chi connectivity index (χ1v) is 6.21. The number of pyridine rings is 1. The number of hydrogen-bond donors (Lipinski definition) is 3. The van der Waals surface area contributed by atoms with Crippen molar-refractivity contribution in [3.63, 3.8) is 0 Å². The van der Waals surface area contributed by atoms with Gasteiger partial charge in [-0.05, 0) is 12.1 Å². The molecule has 0 aromatic carbocycles. The molecule has 110 valence electrons. The van der Waals surface area contributed by atoms with E-state index in [9.17, 15) is 9.59 Å². The number of rotatable bonds is 6. The molecule has 3 N–H and O–H groups in total. The highest BCUT2D eigenvalue weighted by Crippen LogP contribution is 2.05. The van der Waals surface area contributed by atoms with Crippen LogP contribution in [-0.2, 0) is 4.79 Å². The number of aliphatic carboxylic acids is 1. The molecule has 0 radical (unpaired) electrons. The van der Waals surface area contributed by atoms with Crippen molar-refractivity contribution in [3.8, 4) is 5.82 Å². The van der Waals surface area contributed by atoms with Crippen LogP contribution in [0.3, 0.4) is 0 Å². The van der Waals surface area contributed by atoms with E-state index in [0.29, 0.717) is 11.4 Å². The van der Waals surface area contributed by atoms with Crippen molar-refractivity contribution >= 4 is 11.9 Å². The highest BCUT2D eigenvalue weighted by atomic mass is 16.4. The molecule has 2 heterocycles. The third kappa shape index (κ3) is 3.86. The lowest BCUT2D eigenvalue weighted by molar-refractivity contribution is -0.146.